The number of benzene rings is 1. The fourth-order valence-electron chi connectivity index (χ4n) is 1.62. The van der Waals surface area contributed by atoms with Gasteiger partial charge in [0.1, 0.15) is 5.75 Å². The van der Waals surface area contributed by atoms with Gasteiger partial charge in [-0.05, 0) is 11.8 Å². The number of nitro groups is 1. The van der Waals surface area contributed by atoms with E-state index in [2.05, 4.69) is 20.3 Å². The summed E-state index contributed by atoms with van der Waals surface area (Å²) in [6.07, 6.45) is 1.99. The molecule has 1 aliphatic heterocycles. The molecule has 25 heavy (non-hydrogen) atoms. The summed E-state index contributed by atoms with van der Waals surface area (Å²) in [7, 11) is 1.17. The smallest absolute Gasteiger partial charge is 0.331 e. The molecule has 0 atom stereocenters. The standard InChI is InChI=1S/C13H10N4O7S/c1-24-11(20)4-10-12(21)15-13(25-10)16-14-5-6-2-7(17(22)23)9(19)3-8(6)18/h2-5,18-19H,1H3,(H,15,16,21)/b10-4+,14-5?. The van der Waals surface area contributed by atoms with Crippen molar-refractivity contribution in [1.29, 1.82) is 0 Å². The summed E-state index contributed by atoms with van der Waals surface area (Å²) < 4.78 is 4.41. The quantitative estimate of drug-likeness (QED) is 0.229. The van der Waals surface area contributed by atoms with Crippen molar-refractivity contribution in [3.8, 4) is 11.5 Å². The minimum Gasteiger partial charge on any atom is -0.507 e. The van der Waals surface area contributed by atoms with Crippen LogP contribution >= 0.6 is 11.8 Å². The second-order valence-corrected chi connectivity index (χ2v) is 5.43. The second-order valence-electron chi connectivity index (χ2n) is 4.39. The molecule has 11 nitrogen and oxygen atoms in total. The number of rotatable bonds is 4. The van der Waals surface area contributed by atoms with Crippen LogP contribution in [0.1, 0.15) is 5.56 Å². The number of phenols is 2. The van der Waals surface area contributed by atoms with Gasteiger partial charge in [0.2, 0.25) is 0 Å². The number of nitrogens with zero attached hydrogens (tertiary/aromatic N) is 3. The van der Waals surface area contributed by atoms with E-state index in [1.54, 1.807) is 0 Å². The van der Waals surface area contributed by atoms with Gasteiger partial charge >= 0.3 is 11.7 Å². The molecule has 12 heteroatoms. The largest absolute Gasteiger partial charge is 0.507 e. The average molecular weight is 366 g/mol. The lowest BCUT2D eigenvalue weighted by molar-refractivity contribution is -0.385. The average Bonchev–Trinajstić information content (AvgIpc) is 2.88. The van der Waals surface area contributed by atoms with Crippen molar-refractivity contribution in [3.63, 3.8) is 0 Å². The Balaban J connectivity index is 2.19. The molecular weight excluding hydrogens is 356 g/mol. The number of amides is 1. The lowest BCUT2D eigenvalue weighted by atomic mass is 10.2. The summed E-state index contributed by atoms with van der Waals surface area (Å²) in [4.78, 5) is 32.7. The van der Waals surface area contributed by atoms with Crippen molar-refractivity contribution in [2.24, 2.45) is 10.2 Å². The minimum absolute atomic E-state index is 0.0592. The number of methoxy groups -OCH3 is 1. The van der Waals surface area contributed by atoms with E-state index in [9.17, 15) is 29.9 Å². The number of phenolic OH excluding ortho intramolecular Hbond substituents is 2. The molecule has 1 amide bonds. The van der Waals surface area contributed by atoms with Crippen LogP contribution in [0.5, 0.6) is 11.5 Å². The van der Waals surface area contributed by atoms with Crippen LogP contribution in [0.2, 0.25) is 0 Å². The maximum absolute atomic E-state index is 11.6. The molecule has 1 heterocycles. The number of aromatic hydroxyl groups is 2. The van der Waals surface area contributed by atoms with E-state index in [0.29, 0.717) is 0 Å². The van der Waals surface area contributed by atoms with Gasteiger partial charge in [-0.15, -0.1) is 5.10 Å². The number of esters is 1. The number of nitro benzene ring substituents is 1. The van der Waals surface area contributed by atoms with Gasteiger partial charge in [-0.1, -0.05) is 0 Å². The fourth-order valence-corrected chi connectivity index (χ4v) is 2.36. The molecule has 0 aliphatic carbocycles. The summed E-state index contributed by atoms with van der Waals surface area (Å²) in [6, 6.07) is 1.72. The Morgan fingerprint density at radius 1 is 1.40 bits per heavy atom. The first-order chi connectivity index (χ1) is 11.8. The predicted molar refractivity (Wildman–Crippen MR) is 87.3 cm³/mol. The van der Waals surface area contributed by atoms with Gasteiger partial charge in [-0.2, -0.15) is 5.10 Å². The maximum atomic E-state index is 11.6. The molecule has 1 aromatic rings. The van der Waals surface area contributed by atoms with Gasteiger partial charge in [-0.3, -0.25) is 20.2 Å². The number of ether oxygens (including phenoxy) is 1. The van der Waals surface area contributed by atoms with Gasteiger partial charge in [0, 0.05) is 23.8 Å². The molecule has 0 saturated carbocycles. The molecule has 0 bridgehead atoms. The van der Waals surface area contributed by atoms with E-state index in [-0.39, 0.29) is 15.6 Å². The Hall–Kier alpha value is -3.41. The zero-order valence-corrected chi connectivity index (χ0v) is 13.3. The van der Waals surface area contributed by atoms with Gasteiger partial charge in [0.15, 0.2) is 10.9 Å². The zero-order valence-electron chi connectivity index (χ0n) is 12.5. The fraction of sp³-hybridized carbons (Fsp3) is 0.0769. The number of nitrogens with one attached hydrogen (secondary N) is 1. The number of hydrogen-bond donors (Lipinski definition) is 3. The lowest BCUT2D eigenvalue weighted by Crippen LogP contribution is -2.19. The van der Waals surface area contributed by atoms with Gasteiger partial charge in [-0.25, -0.2) is 4.79 Å². The van der Waals surface area contributed by atoms with Crippen molar-refractivity contribution in [2.45, 2.75) is 0 Å². The molecule has 0 unspecified atom stereocenters. The topological polar surface area (TPSA) is 164 Å². The monoisotopic (exact) mass is 366 g/mol. The zero-order chi connectivity index (χ0) is 18.6. The van der Waals surface area contributed by atoms with Crippen molar-refractivity contribution in [3.05, 3.63) is 38.8 Å². The van der Waals surface area contributed by atoms with Crippen LogP contribution in [0.15, 0.2) is 33.3 Å². The van der Waals surface area contributed by atoms with E-state index >= 15 is 0 Å². The summed E-state index contributed by atoms with van der Waals surface area (Å²) >= 11 is 0.837. The van der Waals surface area contributed by atoms with Crippen LogP contribution in [0, 0.1) is 10.1 Å². The number of carbonyl (C=O) groups excluding carboxylic acids is 2. The molecule has 1 fully saturated rings. The minimum atomic E-state index is -0.824. The molecule has 3 N–H and O–H groups in total. The molecular formula is C13H10N4O7S. The number of hydrogen-bond acceptors (Lipinski definition) is 10. The predicted octanol–water partition coefficient (Wildman–Crippen LogP) is 0.616. The first kappa shape index (κ1) is 17.9. The highest BCUT2D eigenvalue weighted by atomic mass is 32.2. The van der Waals surface area contributed by atoms with E-state index in [4.69, 9.17) is 0 Å². The summed E-state index contributed by atoms with van der Waals surface area (Å²) in [5.74, 6) is -2.40. The Kier molecular flexibility index (Phi) is 5.34. The van der Waals surface area contributed by atoms with E-state index < -0.39 is 34.0 Å². The highest BCUT2D eigenvalue weighted by molar-refractivity contribution is 8.18. The normalized spacial score (nSPS) is 17.2. The van der Waals surface area contributed by atoms with Gasteiger partial charge < -0.3 is 14.9 Å². The van der Waals surface area contributed by atoms with Crippen LogP contribution in [-0.2, 0) is 14.3 Å². The van der Waals surface area contributed by atoms with Gasteiger partial charge in [0.25, 0.3) is 5.91 Å². The van der Waals surface area contributed by atoms with E-state index in [0.717, 1.165) is 36.2 Å². The third-order valence-electron chi connectivity index (χ3n) is 2.77. The van der Waals surface area contributed by atoms with E-state index in [1.165, 1.54) is 7.11 Å². The molecule has 1 aliphatic rings. The Morgan fingerprint density at radius 3 is 2.76 bits per heavy atom. The lowest BCUT2D eigenvalue weighted by Gasteiger charge is -2.00. The Bertz CT molecular complexity index is 847. The first-order valence-corrected chi connectivity index (χ1v) is 7.23. The Labute approximate surface area is 143 Å². The van der Waals surface area contributed by atoms with E-state index in [1.807, 2.05) is 0 Å². The first-order valence-electron chi connectivity index (χ1n) is 6.42. The van der Waals surface area contributed by atoms with Crippen LogP contribution in [0.3, 0.4) is 0 Å². The van der Waals surface area contributed by atoms with Crippen LogP contribution in [0.25, 0.3) is 0 Å². The molecule has 0 spiro atoms. The molecule has 130 valence electrons. The molecule has 1 saturated heterocycles. The molecule has 2 rings (SSSR count). The van der Waals surface area contributed by atoms with Crippen LogP contribution in [0.4, 0.5) is 5.69 Å². The Morgan fingerprint density at radius 2 is 2.12 bits per heavy atom. The van der Waals surface area contributed by atoms with Crippen LogP contribution < -0.4 is 5.32 Å². The van der Waals surface area contributed by atoms with Crippen LogP contribution in [-0.4, -0.2) is 45.5 Å². The van der Waals surface area contributed by atoms with Gasteiger partial charge in [0.05, 0.1) is 23.2 Å². The highest BCUT2D eigenvalue weighted by Gasteiger charge is 2.25. The summed E-state index contributed by atoms with van der Waals surface area (Å²) in [5, 5.41) is 39.4. The third-order valence-corrected chi connectivity index (χ3v) is 3.67. The second kappa shape index (κ2) is 7.44. The summed E-state index contributed by atoms with van der Waals surface area (Å²) in [6.45, 7) is 0. The van der Waals surface area contributed by atoms with Crippen molar-refractivity contribution in [2.75, 3.05) is 7.11 Å². The SMILES string of the molecule is COC(=O)/C=C1/S/C(=N\N=Cc2cc([N+](=O)[O-])c(O)cc2O)NC1=O. The number of thioether (sulfide) groups is 1. The number of amidine groups is 1. The molecule has 0 aromatic heterocycles. The van der Waals surface area contributed by atoms with Crippen molar-refractivity contribution in [1.82, 2.24) is 5.32 Å². The molecule has 0 radical (unpaired) electrons. The third kappa shape index (κ3) is 4.32. The van der Waals surface area contributed by atoms with Crippen molar-refractivity contribution >= 4 is 40.7 Å². The maximum Gasteiger partial charge on any atom is 0.331 e. The van der Waals surface area contributed by atoms with Crippen molar-refractivity contribution < 1.29 is 29.5 Å². The number of carbonyl (C=O) groups is 2. The highest BCUT2D eigenvalue weighted by Crippen LogP contribution is 2.32. The molecule has 1 aromatic carbocycles. The summed E-state index contributed by atoms with van der Waals surface area (Å²) in [5.41, 5.74) is -0.674.